The molecule has 0 aliphatic rings. The zero-order valence-electron chi connectivity index (χ0n) is 12.5. The van der Waals surface area contributed by atoms with E-state index in [9.17, 15) is 0 Å². The zero-order chi connectivity index (χ0) is 16.2. The summed E-state index contributed by atoms with van der Waals surface area (Å²) in [6, 6.07) is 13.7. The molecule has 0 N–H and O–H groups in total. The molecule has 0 unspecified atom stereocenters. The first-order valence-corrected chi connectivity index (χ1v) is 9.24. The van der Waals surface area contributed by atoms with Crippen molar-refractivity contribution in [2.75, 3.05) is 0 Å². The molecule has 3 heterocycles. The SMILES string of the molecule is c1ccc(-c2noc(CSCc3noc(-c4cccs4)n3)n2)cc1. The fourth-order valence-electron chi connectivity index (χ4n) is 2.06. The average Bonchev–Trinajstić information content (AvgIpc) is 3.37. The summed E-state index contributed by atoms with van der Waals surface area (Å²) in [6.45, 7) is 0. The third-order valence-corrected chi connectivity index (χ3v) is 4.93. The highest BCUT2D eigenvalue weighted by Gasteiger charge is 2.11. The summed E-state index contributed by atoms with van der Waals surface area (Å²) in [7, 11) is 0. The van der Waals surface area contributed by atoms with E-state index in [1.165, 1.54) is 0 Å². The van der Waals surface area contributed by atoms with Gasteiger partial charge in [0.05, 0.1) is 16.4 Å². The lowest BCUT2D eigenvalue weighted by molar-refractivity contribution is 0.391. The van der Waals surface area contributed by atoms with Crippen molar-refractivity contribution in [1.29, 1.82) is 0 Å². The van der Waals surface area contributed by atoms with E-state index in [2.05, 4.69) is 20.3 Å². The quantitative estimate of drug-likeness (QED) is 0.510. The van der Waals surface area contributed by atoms with Gasteiger partial charge in [0.2, 0.25) is 11.7 Å². The lowest BCUT2D eigenvalue weighted by atomic mass is 10.2. The van der Waals surface area contributed by atoms with E-state index < -0.39 is 0 Å². The molecule has 1 aromatic carbocycles. The third-order valence-electron chi connectivity index (χ3n) is 3.16. The molecule has 0 aliphatic carbocycles. The van der Waals surface area contributed by atoms with Crippen LogP contribution in [-0.4, -0.2) is 20.3 Å². The fourth-order valence-corrected chi connectivity index (χ4v) is 3.40. The molecule has 0 radical (unpaired) electrons. The number of benzene rings is 1. The molecule has 4 aromatic rings. The van der Waals surface area contributed by atoms with Crippen molar-refractivity contribution >= 4 is 23.1 Å². The molecule has 120 valence electrons. The van der Waals surface area contributed by atoms with E-state index in [1.54, 1.807) is 23.1 Å². The van der Waals surface area contributed by atoms with Crippen molar-refractivity contribution in [3.63, 3.8) is 0 Å². The Kier molecular flexibility index (Phi) is 4.39. The first-order chi connectivity index (χ1) is 11.9. The Morgan fingerprint density at radius 2 is 1.83 bits per heavy atom. The highest BCUT2D eigenvalue weighted by Crippen LogP contribution is 2.24. The third kappa shape index (κ3) is 3.39. The molecule has 4 rings (SSSR count). The van der Waals surface area contributed by atoms with Crippen LogP contribution in [0.5, 0.6) is 0 Å². The number of thioether (sulfide) groups is 1. The Morgan fingerprint density at radius 1 is 0.917 bits per heavy atom. The van der Waals surface area contributed by atoms with Gasteiger partial charge in [-0.15, -0.1) is 23.1 Å². The number of rotatable bonds is 6. The number of hydrogen-bond acceptors (Lipinski definition) is 8. The molecule has 6 nitrogen and oxygen atoms in total. The van der Waals surface area contributed by atoms with Crippen molar-refractivity contribution in [2.45, 2.75) is 11.5 Å². The first kappa shape index (κ1) is 15.1. The Morgan fingerprint density at radius 3 is 2.67 bits per heavy atom. The van der Waals surface area contributed by atoms with Crippen LogP contribution >= 0.6 is 23.1 Å². The molecule has 0 amide bonds. The predicted molar refractivity (Wildman–Crippen MR) is 92.3 cm³/mol. The van der Waals surface area contributed by atoms with Crippen LogP contribution < -0.4 is 0 Å². The summed E-state index contributed by atoms with van der Waals surface area (Å²) in [5.41, 5.74) is 0.941. The van der Waals surface area contributed by atoms with Crippen LogP contribution in [0, 0.1) is 0 Å². The minimum Gasteiger partial charge on any atom is -0.338 e. The number of hydrogen-bond donors (Lipinski definition) is 0. The molecule has 0 bridgehead atoms. The van der Waals surface area contributed by atoms with Gasteiger partial charge in [0.1, 0.15) is 0 Å². The standard InChI is InChI=1S/C16H12N4O2S2/c1-2-5-11(6-3-1)15-18-14(21-20-15)10-23-9-13-17-16(22-19-13)12-7-4-8-24-12/h1-8H,9-10H2. The predicted octanol–water partition coefficient (Wildman–Crippen LogP) is 4.28. The van der Waals surface area contributed by atoms with Gasteiger partial charge in [-0.1, -0.05) is 46.7 Å². The molecule has 0 aliphatic heterocycles. The van der Waals surface area contributed by atoms with E-state index in [1.807, 2.05) is 47.8 Å². The minimum atomic E-state index is 0.560. The Bertz CT molecular complexity index is 903. The Hall–Kier alpha value is -2.45. The van der Waals surface area contributed by atoms with Crippen LogP contribution in [-0.2, 0) is 11.5 Å². The van der Waals surface area contributed by atoms with Crippen LogP contribution in [0.1, 0.15) is 11.7 Å². The second-order valence-electron chi connectivity index (χ2n) is 4.86. The summed E-state index contributed by atoms with van der Waals surface area (Å²) in [5, 5.41) is 9.97. The summed E-state index contributed by atoms with van der Waals surface area (Å²) < 4.78 is 10.5. The number of aromatic nitrogens is 4. The summed E-state index contributed by atoms with van der Waals surface area (Å²) in [6.07, 6.45) is 0. The second-order valence-corrected chi connectivity index (χ2v) is 6.80. The lowest BCUT2D eigenvalue weighted by Crippen LogP contribution is -1.86. The van der Waals surface area contributed by atoms with Gasteiger partial charge < -0.3 is 9.05 Å². The highest BCUT2D eigenvalue weighted by atomic mass is 32.2. The van der Waals surface area contributed by atoms with Crippen molar-refractivity contribution in [2.24, 2.45) is 0 Å². The number of thiophene rings is 1. The fraction of sp³-hybridized carbons (Fsp3) is 0.125. The second kappa shape index (κ2) is 6.98. The maximum Gasteiger partial charge on any atom is 0.268 e. The molecule has 0 fully saturated rings. The van der Waals surface area contributed by atoms with E-state index in [4.69, 9.17) is 9.05 Å². The minimum absolute atomic E-state index is 0.560. The molecule has 8 heteroatoms. The van der Waals surface area contributed by atoms with E-state index in [-0.39, 0.29) is 0 Å². The van der Waals surface area contributed by atoms with Gasteiger partial charge in [-0.05, 0) is 11.4 Å². The summed E-state index contributed by atoms with van der Waals surface area (Å²) in [4.78, 5) is 9.75. The molecule has 24 heavy (non-hydrogen) atoms. The molecular weight excluding hydrogens is 344 g/mol. The van der Waals surface area contributed by atoms with Gasteiger partial charge in [0.15, 0.2) is 5.82 Å². The van der Waals surface area contributed by atoms with Crippen LogP contribution in [0.25, 0.3) is 22.2 Å². The van der Waals surface area contributed by atoms with Gasteiger partial charge in [-0.3, -0.25) is 0 Å². The normalized spacial score (nSPS) is 11.0. The summed E-state index contributed by atoms with van der Waals surface area (Å²) >= 11 is 3.18. The van der Waals surface area contributed by atoms with Gasteiger partial charge in [0.25, 0.3) is 5.89 Å². The smallest absolute Gasteiger partial charge is 0.268 e. The monoisotopic (exact) mass is 356 g/mol. The highest BCUT2D eigenvalue weighted by molar-refractivity contribution is 7.97. The van der Waals surface area contributed by atoms with Crippen molar-refractivity contribution in [1.82, 2.24) is 20.3 Å². The van der Waals surface area contributed by atoms with Gasteiger partial charge in [-0.2, -0.15) is 9.97 Å². The van der Waals surface area contributed by atoms with Crippen LogP contribution in [0.3, 0.4) is 0 Å². The molecule has 0 spiro atoms. The number of nitrogens with zero attached hydrogens (tertiary/aromatic N) is 4. The molecular formula is C16H12N4O2S2. The summed E-state index contributed by atoms with van der Waals surface area (Å²) in [5.74, 6) is 3.63. The van der Waals surface area contributed by atoms with Crippen LogP contribution in [0.4, 0.5) is 0 Å². The van der Waals surface area contributed by atoms with Crippen molar-refractivity contribution in [3.8, 4) is 22.2 Å². The van der Waals surface area contributed by atoms with E-state index in [0.29, 0.717) is 34.9 Å². The van der Waals surface area contributed by atoms with E-state index in [0.717, 1.165) is 10.4 Å². The van der Waals surface area contributed by atoms with Gasteiger partial charge in [-0.25, -0.2) is 0 Å². The van der Waals surface area contributed by atoms with Gasteiger partial charge in [0, 0.05) is 5.56 Å². The molecule has 3 aromatic heterocycles. The van der Waals surface area contributed by atoms with Crippen LogP contribution in [0.2, 0.25) is 0 Å². The van der Waals surface area contributed by atoms with Crippen LogP contribution in [0.15, 0.2) is 56.9 Å². The van der Waals surface area contributed by atoms with Crippen molar-refractivity contribution < 1.29 is 9.05 Å². The van der Waals surface area contributed by atoms with Crippen molar-refractivity contribution in [3.05, 3.63) is 59.6 Å². The molecule has 0 atom stereocenters. The molecule has 0 saturated heterocycles. The average molecular weight is 356 g/mol. The topological polar surface area (TPSA) is 77.8 Å². The van der Waals surface area contributed by atoms with E-state index >= 15 is 0 Å². The van der Waals surface area contributed by atoms with Gasteiger partial charge >= 0.3 is 0 Å². The maximum atomic E-state index is 5.28. The lowest BCUT2D eigenvalue weighted by Gasteiger charge is -1.92. The Labute approximate surface area is 145 Å². The zero-order valence-corrected chi connectivity index (χ0v) is 14.1. The first-order valence-electron chi connectivity index (χ1n) is 7.21. The largest absolute Gasteiger partial charge is 0.338 e. The Balaban J connectivity index is 1.34. The molecule has 0 saturated carbocycles. The maximum absolute atomic E-state index is 5.28.